The minimum atomic E-state index is -0.431. The molecule has 0 radical (unpaired) electrons. The van der Waals surface area contributed by atoms with Gasteiger partial charge >= 0.3 is 12.0 Å². The average Bonchev–Trinajstić information content (AvgIpc) is 2.94. The van der Waals surface area contributed by atoms with Gasteiger partial charge in [-0.1, -0.05) is 12.1 Å². The van der Waals surface area contributed by atoms with Crippen LogP contribution in [0.5, 0.6) is 0 Å². The molecule has 1 aromatic carbocycles. The summed E-state index contributed by atoms with van der Waals surface area (Å²) in [6, 6.07) is 6.74. The SMILES string of the molecule is CCOC(=O)c1ccccc1NC(=O)N1CCCN(Cc2csc(C)n2)CC1. The second kappa shape index (κ2) is 9.66. The lowest BCUT2D eigenvalue weighted by Gasteiger charge is -2.22. The topological polar surface area (TPSA) is 74.8 Å². The van der Waals surface area contributed by atoms with Crippen LogP contribution in [0.2, 0.25) is 0 Å². The van der Waals surface area contributed by atoms with Crippen molar-refractivity contribution in [3.63, 3.8) is 0 Å². The van der Waals surface area contributed by atoms with E-state index in [2.05, 4.69) is 20.6 Å². The van der Waals surface area contributed by atoms with E-state index in [1.807, 2.05) is 6.92 Å². The van der Waals surface area contributed by atoms with Crippen LogP contribution >= 0.6 is 11.3 Å². The van der Waals surface area contributed by atoms with Gasteiger partial charge < -0.3 is 15.0 Å². The van der Waals surface area contributed by atoms with E-state index in [4.69, 9.17) is 4.74 Å². The highest BCUT2D eigenvalue weighted by molar-refractivity contribution is 7.09. The fourth-order valence-corrected chi connectivity index (χ4v) is 3.82. The highest BCUT2D eigenvalue weighted by Gasteiger charge is 2.21. The monoisotopic (exact) mass is 402 g/mol. The van der Waals surface area contributed by atoms with Crippen LogP contribution in [0.3, 0.4) is 0 Å². The number of anilines is 1. The molecule has 1 N–H and O–H groups in total. The van der Waals surface area contributed by atoms with Crippen molar-refractivity contribution in [3.05, 3.63) is 45.9 Å². The summed E-state index contributed by atoms with van der Waals surface area (Å²) in [6.45, 7) is 7.92. The first-order valence-electron chi connectivity index (χ1n) is 9.52. The third kappa shape index (κ3) is 5.30. The van der Waals surface area contributed by atoms with Crippen LogP contribution < -0.4 is 5.32 Å². The van der Waals surface area contributed by atoms with E-state index in [1.54, 1.807) is 47.4 Å². The van der Waals surface area contributed by atoms with Crippen LogP contribution in [-0.4, -0.2) is 59.6 Å². The molecule has 0 spiro atoms. The molecule has 3 rings (SSSR count). The predicted molar refractivity (Wildman–Crippen MR) is 110 cm³/mol. The Morgan fingerprint density at radius 1 is 1.21 bits per heavy atom. The Morgan fingerprint density at radius 3 is 2.79 bits per heavy atom. The van der Waals surface area contributed by atoms with Crippen molar-refractivity contribution in [2.75, 3.05) is 38.1 Å². The normalized spacial score (nSPS) is 15.1. The number of rotatable bonds is 5. The quantitative estimate of drug-likeness (QED) is 0.776. The number of hydrogen-bond donors (Lipinski definition) is 1. The van der Waals surface area contributed by atoms with Crippen molar-refractivity contribution in [2.45, 2.75) is 26.8 Å². The Kier molecular flexibility index (Phi) is 7.00. The number of aryl methyl sites for hydroxylation is 1. The Morgan fingerprint density at radius 2 is 2.04 bits per heavy atom. The van der Waals surface area contributed by atoms with Crippen molar-refractivity contribution in [1.82, 2.24) is 14.8 Å². The summed E-state index contributed by atoms with van der Waals surface area (Å²) in [6.07, 6.45) is 0.899. The molecule has 0 saturated carbocycles. The molecule has 2 amide bonds. The molecule has 28 heavy (non-hydrogen) atoms. The van der Waals surface area contributed by atoms with E-state index in [9.17, 15) is 9.59 Å². The average molecular weight is 403 g/mol. The minimum Gasteiger partial charge on any atom is -0.462 e. The molecule has 0 bridgehead atoms. The number of hydrogen-bond acceptors (Lipinski definition) is 6. The zero-order valence-electron chi connectivity index (χ0n) is 16.3. The van der Waals surface area contributed by atoms with Gasteiger partial charge in [0.2, 0.25) is 0 Å². The number of amides is 2. The highest BCUT2D eigenvalue weighted by atomic mass is 32.1. The fourth-order valence-electron chi connectivity index (χ4n) is 3.22. The molecule has 0 unspecified atom stereocenters. The summed E-state index contributed by atoms with van der Waals surface area (Å²) in [5, 5.41) is 6.04. The first-order valence-corrected chi connectivity index (χ1v) is 10.4. The van der Waals surface area contributed by atoms with Gasteiger partial charge in [-0.3, -0.25) is 4.90 Å². The van der Waals surface area contributed by atoms with E-state index in [1.165, 1.54) is 0 Å². The molecule has 2 heterocycles. The van der Waals surface area contributed by atoms with Gasteiger partial charge in [-0.25, -0.2) is 14.6 Å². The first-order chi connectivity index (χ1) is 13.6. The third-order valence-corrected chi connectivity index (χ3v) is 5.41. The Labute approximate surface area is 169 Å². The summed E-state index contributed by atoms with van der Waals surface area (Å²) in [5.41, 5.74) is 1.93. The maximum Gasteiger partial charge on any atom is 0.340 e. The van der Waals surface area contributed by atoms with Crippen molar-refractivity contribution in [3.8, 4) is 0 Å². The molecule has 0 aliphatic carbocycles. The lowest BCUT2D eigenvalue weighted by Crippen LogP contribution is -2.38. The van der Waals surface area contributed by atoms with E-state index in [0.29, 0.717) is 30.9 Å². The number of thiazole rings is 1. The largest absolute Gasteiger partial charge is 0.462 e. The van der Waals surface area contributed by atoms with Gasteiger partial charge in [0, 0.05) is 38.1 Å². The highest BCUT2D eigenvalue weighted by Crippen LogP contribution is 2.18. The van der Waals surface area contributed by atoms with Crippen LogP contribution in [0.1, 0.15) is 34.4 Å². The molecule has 1 saturated heterocycles. The summed E-state index contributed by atoms with van der Waals surface area (Å²) in [7, 11) is 0. The Bertz CT molecular complexity index is 823. The van der Waals surface area contributed by atoms with Gasteiger partial charge in [0.15, 0.2) is 0 Å². The molecule has 8 heteroatoms. The van der Waals surface area contributed by atoms with Crippen LogP contribution in [0.15, 0.2) is 29.6 Å². The van der Waals surface area contributed by atoms with Crippen molar-refractivity contribution in [1.29, 1.82) is 0 Å². The van der Waals surface area contributed by atoms with Gasteiger partial charge in [-0.15, -0.1) is 11.3 Å². The van der Waals surface area contributed by atoms with Gasteiger partial charge in [-0.05, 0) is 32.4 Å². The number of esters is 1. The van der Waals surface area contributed by atoms with Crippen LogP contribution in [0, 0.1) is 6.92 Å². The number of nitrogens with one attached hydrogen (secondary N) is 1. The Hall–Kier alpha value is -2.45. The van der Waals surface area contributed by atoms with Crippen LogP contribution in [0.4, 0.5) is 10.5 Å². The Balaban J connectivity index is 1.59. The number of aromatic nitrogens is 1. The minimum absolute atomic E-state index is 0.192. The van der Waals surface area contributed by atoms with Gasteiger partial charge in [0.05, 0.1) is 28.6 Å². The first kappa shape index (κ1) is 20.3. The lowest BCUT2D eigenvalue weighted by molar-refractivity contribution is 0.0527. The van der Waals surface area contributed by atoms with E-state index < -0.39 is 5.97 Å². The number of carbonyl (C=O) groups is 2. The van der Waals surface area contributed by atoms with Crippen LogP contribution in [-0.2, 0) is 11.3 Å². The van der Waals surface area contributed by atoms with Crippen LogP contribution in [0.25, 0.3) is 0 Å². The number of benzene rings is 1. The molecule has 7 nitrogen and oxygen atoms in total. The maximum atomic E-state index is 12.8. The maximum absolute atomic E-state index is 12.8. The predicted octanol–water partition coefficient (Wildman–Crippen LogP) is 3.37. The summed E-state index contributed by atoms with van der Waals surface area (Å²) in [5.74, 6) is -0.431. The lowest BCUT2D eigenvalue weighted by atomic mass is 10.2. The second-order valence-electron chi connectivity index (χ2n) is 6.67. The van der Waals surface area contributed by atoms with Crippen molar-refractivity contribution >= 4 is 29.0 Å². The summed E-state index contributed by atoms with van der Waals surface area (Å²) >= 11 is 1.66. The number of nitrogens with zero attached hydrogens (tertiary/aromatic N) is 3. The fraction of sp³-hybridized carbons (Fsp3) is 0.450. The summed E-state index contributed by atoms with van der Waals surface area (Å²) < 4.78 is 5.07. The van der Waals surface area contributed by atoms with Gasteiger partial charge in [0.25, 0.3) is 0 Å². The number of carbonyl (C=O) groups excluding carboxylic acids is 2. The van der Waals surface area contributed by atoms with E-state index in [-0.39, 0.29) is 6.03 Å². The molecule has 1 aliphatic heterocycles. The summed E-state index contributed by atoms with van der Waals surface area (Å²) in [4.78, 5) is 33.5. The standard InChI is InChI=1S/C20H26N4O3S/c1-3-27-19(25)17-7-4-5-8-18(17)22-20(26)24-10-6-9-23(11-12-24)13-16-14-28-15(2)21-16/h4-5,7-8,14H,3,6,9-13H2,1-2H3,(H,22,26). The molecular formula is C20H26N4O3S. The molecule has 1 aromatic heterocycles. The number of para-hydroxylation sites is 1. The zero-order valence-corrected chi connectivity index (χ0v) is 17.1. The van der Waals surface area contributed by atoms with E-state index >= 15 is 0 Å². The molecule has 1 aliphatic rings. The van der Waals surface area contributed by atoms with Crippen molar-refractivity contribution in [2.24, 2.45) is 0 Å². The molecule has 0 atom stereocenters. The second-order valence-corrected chi connectivity index (χ2v) is 7.73. The smallest absolute Gasteiger partial charge is 0.340 e. The van der Waals surface area contributed by atoms with Gasteiger partial charge in [-0.2, -0.15) is 0 Å². The molecule has 2 aromatic rings. The van der Waals surface area contributed by atoms with E-state index in [0.717, 1.165) is 36.8 Å². The number of urea groups is 1. The molecular weight excluding hydrogens is 376 g/mol. The van der Waals surface area contributed by atoms with Crippen molar-refractivity contribution < 1.29 is 14.3 Å². The zero-order chi connectivity index (χ0) is 19.9. The van der Waals surface area contributed by atoms with Gasteiger partial charge in [0.1, 0.15) is 0 Å². The number of ether oxygens (including phenoxy) is 1. The third-order valence-electron chi connectivity index (χ3n) is 4.59. The molecule has 1 fully saturated rings. The molecule has 150 valence electrons.